The van der Waals surface area contributed by atoms with Crippen molar-refractivity contribution in [1.82, 2.24) is 0 Å². The normalized spacial score (nSPS) is 47.7. The smallest absolute Gasteiger partial charge is 0.148 e. The van der Waals surface area contributed by atoms with Crippen LogP contribution in [0.4, 0.5) is 0 Å². The second-order valence-corrected chi connectivity index (χ2v) is 3.68. The van der Waals surface area contributed by atoms with Crippen molar-refractivity contribution in [2.45, 2.75) is 0 Å². The molecule has 4 atom stereocenters. The molecule has 3 aliphatic rings. The highest BCUT2D eigenvalue weighted by Crippen LogP contribution is 2.44. The lowest BCUT2D eigenvalue weighted by atomic mass is 9.76. The van der Waals surface area contributed by atoms with Gasteiger partial charge in [-0.15, -0.1) is 0 Å². The Morgan fingerprint density at radius 3 is 1.17 bits per heavy atom. The van der Waals surface area contributed by atoms with Gasteiger partial charge in [0.25, 0.3) is 0 Å². The molecule has 60 valence electrons. The molecule has 1 fully saturated rings. The molecule has 0 saturated heterocycles. The zero-order valence-corrected chi connectivity index (χ0v) is 6.44. The van der Waals surface area contributed by atoms with Crippen LogP contribution in [0, 0.1) is 23.7 Å². The lowest BCUT2D eigenvalue weighted by Crippen LogP contribution is -2.38. The lowest BCUT2D eigenvalue weighted by Gasteiger charge is -2.24. The summed E-state index contributed by atoms with van der Waals surface area (Å²) in [7, 11) is 0. The van der Waals surface area contributed by atoms with Gasteiger partial charge in [0.2, 0.25) is 0 Å². The predicted octanol–water partition coefficient (Wildman–Crippen LogP) is 0.743. The minimum Gasteiger partial charge on any atom is -0.298 e. The summed E-state index contributed by atoms with van der Waals surface area (Å²) in [6.45, 7) is 0. The van der Waals surface area contributed by atoms with Crippen molar-refractivity contribution in [2.24, 2.45) is 23.7 Å². The minimum absolute atomic E-state index is 0.127. The fourth-order valence-electron chi connectivity index (χ4n) is 2.49. The van der Waals surface area contributed by atoms with Crippen LogP contribution < -0.4 is 0 Å². The van der Waals surface area contributed by atoms with Crippen molar-refractivity contribution in [3.63, 3.8) is 0 Å². The van der Waals surface area contributed by atoms with Crippen molar-refractivity contribution in [3.8, 4) is 0 Å². The zero-order chi connectivity index (χ0) is 8.29. The van der Waals surface area contributed by atoms with Gasteiger partial charge in [-0.3, -0.25) is 9.59 Å². The molecular weight excluding hydrogens is 152 g/mol. The Morgan fingerprint density at radius 2 is 0.917 bits per heavy atom. The average molecular weight is 160 g/mol. The molecule has 1 saturated carbocycles. The van der Waals surface area contributed by atoms with Crippen LogP contribution in [0.15, 0.2) is 24.3 Å². The molecule has 0 heterocycles. The molecule has 4 bridgehead atoms. The first-order valence-electron chi connectivity index (χ1n) is 4.23. The van der Waals surface area contributed by atoms with E-state index >= 15 is 0 Å². The van der Waals surface area contributed by atoms with Crippen LogP contribution in [0.2, 0.25) is 0 Å². The van der Waals surface area contributed by atoms with Crippen molar-refractivity contribution in [3.05, 3.63) is 24.3 Å². The SMILES string of the molecule is O=C1C2C=CC1[C@H]1C=C[C@@H]2C1=O. The quantitative estimate of drug-likeness (QED) is 0.490. The van der Waals surface area contributed by atoms with Crippen LogP contribution in [-0.4, -0.2) is 11.6 Å². The first kappa shape index (κ1) is 6.35. The maximum Gasteiger partial charge on any atom is 0.148 e. The largest absolute Gasteiger partial charge is 0.298 e. The van der Waals surface area contributed by atoms with Gasteiger partial charge >= 0.3 is 0 Å². The predicted molar refractivity (Wildman–Crippen MR) is 42.3 cm³/mol. The summed E-state index contributed by atoms with van der Waals surface area (Å²) >= 11 is 0. The van der Waals surface area contributed by atoms with Gasteiger partial charge in [-0.25, -0.2) is 0 Å². The third-order valence-corrected chi connectivity index (χ3v) is 3.14. The van der Waals surface area contributed by atoms with Gasteiger partial charge in [0.1, 0.15) is 11.6 Å². The maximum absolute atomic E-state index is 11.5. The number of ketones is 2. The summed E-state index contributed by atoms with van der Waals surface area (Å²) in [4.78, 5) is 23.1. The number of hydrogen-bond donors (Lipinski definition) is 0. The molecule has 3 rings (SSSR count). The summed E-state index contributed by atoms with van der Waals surface area (Å²) in [5, 5.41) is 0. The van der Waals surface area contributed by atoms with Gasteiger partial charge in [-0.05, 0) is 0 Å². The molecule has 0 aliphatic heterocycles. The summed E-state index contributed by atoms with van der Waals surface area (Å²) in [5.41, 5.74) is 0. The Balaban J connectivity index is 2.18. The van der Waals surface area contributed by atoms with Crippen molar-refractivity contribution < 1.29 is 9.59 Å². The Labute approximate surface area is 70.0 Å². The molecule has 2 unspecified atom stereocenters. The van der Waals surface area contributed by atoms with Crippen LogP contribution >= 0.6 is 0 Å². The summed E-state index contributed by atoms with van der Waals surface area (Å²) in [6.07, 6.45) is 7.61. The molecular formula is C10H8O2. The molecule has 12 heavy (non-hydrogen) atoms. The summed E-state index contributed by atoms with van der Waals surface area (Å²) in [5.74, 6) is -0.0193. The van der Waals surface area contributed by atoms with E-state index in [0.717, 1.165) is 0 Å². The molecule has 0 aromatic rings. The van der Waals surface area contributed by atoms with Crippen LogP contribution in [0.25, 0.3) is 0 Å². The molecule has 2 nitrogen and oxygen atoms in total. The van der Waals surface area contributed by atoms with Gasteiger partial charge < -0.3 is 0 Å². The molecule has 0 aromatic heterocycles. The molecule has 0 spiro atoms. The number of carbonyl (C=O) groups excluding carboxylic acids is 2. The average Bonchev–Trinajstić information content (AvgIpc) is 2.41. The van der Waals surface area contributed by atoms with Gasteiger partial charge in [0.05, 0.1) is 0 Å². The van der Waals surface area contributed by atoms with Gasteiger partial charge in [0, 0.05) is 23.7 Å². The number of hydrogen-bond acceptors (Lipinski definition) is 2. The highest BCUT2D eigenvalue weighted by Gasteiger charge is 2.51. The Morgan fingerprint density at radius 1 is 0.667 bits per heavy atom. The zero-order valence-electron chi connectivity index (χ0n) is 6.44. The molecule has 0 aromatic carbocycles. The lowest BCUT2D eigenvalue weighted by molar-refractivity contribution is -0.137. The molecule has 0 N–H and O–H groups in total. The van der Waals surface area contributed by atoms with Crippen LogP contribution in [0.5, 0.6) is 0 Å². The first-order valence-corrected chi connectivity index (χ1v) is 4.23. The highest BCUT2D eigenvalue weighted by molar-refractivity contribution is 6.06. The Bertz CT molecular complexity index is 276. The number of allylic oxidation sites excluding steroid dienone is 4. The number of rotatable bonds is 0. The van der Waals surface area contributed by atoms with E-state index in [1.165, 1.54) is 0 Å². The second-order valence-electron chi connectivity index (χ2n) is 3.68. The van der Waals surface area contributed by atoms with Gasteiger partial charge in [-0.1, -0.05) is 24.3 Å². The Kier molecular flexibility index (Phi) is 0.932. The fraction of sp³-hybridized carbons (Fsp3) is 0.400. The van der Waals surface area contributed by atoms with E-state index in [9.17, 15) is 9.59 Å². The molecule has 2 heteroatoms. The minimum atomic E-state index is -0.127. The monoisotopic (exact) mass is 160 g/mol. The standard InChI is InChI=1S/C10H8O2/c11-9-5-1-2-6(9)8-4-3-7(5)10(8)12/h1-8H/t5-,6+,7?,8?. The third-order valence-electron chi connectivity index (χ3n) is 3.14. The van der Waals surface area contributed by atoms with E-state index in [2.05, 4.69) is 0 Å². The summed E-state index contributed by atoms with van der Waals surface area (Å²) in [6, 6.07) is 0. The fourth-order valence-corrected chi connectivity index (χ4v) is 2.49. The van der Waals surface area contributed by atoms with E-state index in [1.807, 2.05) is 24.3 Å². The van der Waals surface area contributed by atoms with Crippen LogP contribution in [0.1, 0.15) is 0 Å². The number of Topliss-reactive ketones (excluding diaryl/α,β-unsaturated/α-hetero) is 2. The number of carbonyl (C=O) groups is 2. The van der Waals surface area contributed by atoms with E-state index in [4.69, 9.17) is 0 Å². The summed E-state index contributed by atoms with van der Waals surface area (Å²) < 4.78 is 0. The van der Waals surface area contributed by atoms with E-state index < -0.39 is 0 Å². The van der Waals surface area contributed by atoms with Crippen LogP contribution in [0.3, 0.4) is 0 Å². The topological polar surface area (TPSA) is 34.1 Å². The second kappa shape index (κ2) is 1.76. The molecule has 0 radical (unpaired) electrons. The van der Waals surface area contributed by atoms with E-state index in [1.54, 1.807) is 0 Å². The highest BCUT2D eigenvalue weighted by atomic mass is 16.1. The molecule has 0 amide bonds. The van der Waals surface area contributed by atoms with Crippen molar-refractivity contribution >= 4 is 11.6 Å². The van der Waals surface area contributed by atoms with Crippen molar-refractivity contribution in [1.29, 1.82) is 0 Å². The Hall–Kier alpha value is -1.18. The third kappa shape index (κ3) is 0.501. The van der Waals surface area contributed by atoms with Crippen LogP contribution in [-0.2, 0) is 9.59 Å². The molecule has 3 aliphatic carbocycles. The maximum atomic E-state index is 11.5. The number of fused-ring (bicyclic) bond motifs is 6. The van der Waals surface area contributed by atoms with Gasteiger partial charge in [0.15, 0.2) is 0 Å². The van der Waals surface area contributed by atoms with Gasteiger partial charge in [-0.2, -0.15) is 0 Å². The van der Waals surface area contributed by atoms with E-state index in [0.29, 0.717) is 0 Å². The van der Waals surface area contributed by atoms with E-state index in [-0.39, 0.29) is 35.2 Å². The first-order chi connectivity index (χ1) is 5.79. The van der Waals surface area contributed by atoms with Crippen molar-refractivity contribution in [2.75, 3.05) is 0 Å².